The molecule has 1 aromatic heterocycles. The SMILES string of the molecule is NC(=O)C1=C(C(=O)Nc2ccc(Cl)cn2)N=CCN1c1ccc(N2CCCN(CCO)C2=O)cc1. The second kappa shape index (κ2) is 10.5. The van der Waals surface area contributed by atoms with Crippen molar-refractivity contribution < 1.29 is 19.5 Å². The number of carbonyl (C=O) groups is 3. The van der Waals surface area contributed by atoms with Gasteiger partial charge in [-0.25, -0.2) is 9.78 Å². The van der Waals surface area contributed by atoms with Gasteiger partial charge in [0.2, 0.25) is 0 Å². The highest BCUT2D eigenvalue weighted by molar-refractivity contribution is 6.30. The van der Waals surface area contributed by atoms with Crippen LogP contribution in [-0.4, -0.2) is 71.8 Å². The summed E-state index contributed by atoms with van der Waals surface area (Å²) in [6.45, 7) is 1.57. The van der Waals surface area contributed by atoms with Gasteiger partial charge < -0.3 is 26.0 Å². The van der Waals surface area contributed by atoms with Crippen molar-refractivity contribution in [1.29, 1.82) is 0 Å². The smallest absolute Gasteiger partial charge is 0.324 e. The molecular formula is C23H24ClN7O4. The molecule has 11 nitrogen and oxygen atoms in total. The zero-order valence-corrected chi connectivity index (χ0v) is 19.5. The molecule has 1 aromatic carbocycles. The third kappa shape index (κ3) is 5.26. The summed E-state index contributed by atoms with van der Waals surface area (Å²) in [6.07, 6.45) is 3.67. The second-order valence-corrected chi connectivity index (χ2v) is 8.25. The van der Waals surface area contributed by atoms with E-state index in [1.807, 2.05) is 0 Å². The van der Waals surface area contributed by atoms with Crippen LogP contribution >= 0.6 is 11.6 Å². The fourth-order valence-electron chi connectivity index (χ4n) is 3.93. The maximum atomic E-state index is 12.9. The number of benzene rings is 1. The van der Waals surface area contributed by atoms with Gasteiger partial charge in [-0.1, -0.05) is 11.6 Å². The molecule has 0 atom stereocenters. The fraction of sp³-hybridized carbons (Fsp3) is 0.261. The van der Waals surface area contributed by atoms with Crippen LogP contribution in [0.4, 0.5) is 22.0 Å². The number of hydrogen-bond acceptors (Lipinski definition) is 7. The number of nitrogens with zero attached hydrogens (tertiary/aromatic N) is 5. The van der Waals surface area contributed by atoms with E-state index in [1.165, 1.54) is 18.5 Å². The Labute approximate surface area is 206 Å². The lowest BCUT2D eigenvalue weighted by molar-refractivity contribution is -0.116. The predicted octanol–water partition coefficient (Wildman–Crippen LogP) is 1.59. The number of aliphatic imine (C=N–C) groups is 1. The molecule has 0 bridgehead atoms. The number of primary amides is 1. The highest BCUT2D eigenvalue weighted by atomic mass is 35.5. The van der Waals surface area contributed by atoms with Crippen molar-refractivity contribution in [2.45, 2.75) is 6.42 Å². The zero-order valence-electron chi connectivity index (χ0n) is 18.7. The van der Waals surface area contributed by atoms with Crippen LogP contribution in [0.2, 0.25) is 5.02 Å². The number of hydrogen-bond donors (Lipinski definition) is 3. The van der Waals surface area contributed by atoms with Crippen LogP contribution in [0, 0.1) is 0 Å². The average Bonchev–Trinajstić information content (AvgIpc) is 2.86. The minimum atomic E-state index is -0.814. The molecule has 1 fully saturated rings. The first-order valence-electron chi connectivity index (χ1n) is 10.9. The summed E-state index contributed by atoms with van der Waals surface area (Å²) in [7, 11) is 0. The summed E-state index contributed by atoms with van der Waals surface area (Å²) < 4.78 is 0. The number of carbonyl (C=O) groups excluding carboxylic acids is 3. The van der Waals surface area contributed by atoms with E-state index >= 15 is 0 Å². The van der Waals surface area contributed by atoms with Crippen LogP contribution in [0.15, 0.2) is 59.0 Å². The highest BCUT2D eigenvalue weighted by Crippen LogP contribution is 2.28. The average molecular weight is 498 g/mol. The van der Waals surface area contributed by atoms with E-state index in [4.69, 9.17) is 17.3 Å². The first kappa shape index (κ1) is 24.2. The molecule has 0 saturated carbocycles. The van der Waals surface area contributed by atoms with Gasteiger partial charge in [0.05, 0.1) is 18.2 Å². The third-order valence-corrected chi connectivity index (χ3v) is 5.77. The van der Waals surface area contributed by atoms with E-state index in [0.29, 0.717) is 29.5 Å². The van der Waals surface area contributed by atoms with Crippen molar-refractivity contribution in [1.82, 2.24) is 9.88 Å². The molecule has 0 spiro atoms. The minimum absolute atomic E-state index is 0.0603. The summed E-state index contributed by atoms with van der Waals surface area (Å²) >= 11 is 5.83. The maximum Gasteiger partial charge on any atom is 0.324 e. The molecule has 2 aliphatic heterocycles. The topological polar surface area (TPSA) is 144 Å². The lowest BCUT2D eigenvalue weighted by Gasteiger charge is -2.35. The highest BCUT2D eigenvalue weighted by Gasteiger charge is 2.29. The van der Waals surface area contributed by atoms with Gasteiger partial charge in [0.15, 0.2) is 5.70 Å². The van der Waals surface area contributed by atoms with Crippen LogP contribution in [-0.2, 0) is 9.59 Å². The van der Waals surface area contributed by atoms with E-state index in [2.05, 4.69) is 15.3 Å². The lowest BCUT2D eigenvalue weighted by Crippen LogP contribution is -2.50. The maximum absolute atomic E-state index is 12.9. The van der Waals surface area contributed by atoms with Gasteiger partial charge in [-0.15, -0.1) is 0 Å². The molecule has 0 radical (unpaired) electrons. The molecular weight excluding hydrogens is 474 g/mol. The van der Waals surface area contributed by atoms with Crippen LogP contribution < -0.4 is 20.9 Å². The lowest BCUT2D eigenvalue weighted by atomic mass is 10.1. The van der Waals surface area contributed by atoms with Gasteiger partial charge in [-0.2, -0.15) is 0 Å². The molecule has 4 rings (SSSR count). The number of amides is 4. The van der Waals surface area contributed by atoms with Gasteiger partial charge in [0.1, 0.15) is 11.5 Å². The standard InChI is InChI=1S/C23H24ClN7O4/c24-15-2-7-18(27-14-15)28-22(34)19-20(21(25)33)30(11-8-26-19)16-3-5-17(6-4-16)31-10-1-9-29(12-13-32)23(31)35/h2-8,14,32H,1,9-13H2,(H2,25,33)(H,27,28,34). The first-order valence-corrected chi connectivity index (χ1v) is 11.3. The van der Waals surface area contributed by atoms with Gasteiger partial charge in [0, 0.05) is 43.4 Å². The number of rotatable bonds is 7. The molecule has 4 N–H and O–H groups in total. The number of aliphatic hydroxyl groups excluding tert-OH is 1. The molecule has 4 amide bonds. The van der Waals surface area contributed by atoms with Crippen LogP contribution in [0.5, 0.6) is 0 Å². The number of urea groups is 1. The molecule has 182 valence electrons. The Morgan fingerprint density at radius 3 is 2.43 bits per heavy atom. The van der Waals surface area contributed by atoms with E-state index in [-0.39, 0.29) is 42.9 Å². The minimum Gasteiger partial charge on any atom is -0.395 e. The molecule has 1 saturated heterocycles. The molecule has 2 aromatic rings. The van der Waals surface area contributed by atoms with Gasteiger partial charge in [-0.3, -0.25) is 19.5 Å². The van der Waals surface area contributed by atoms with Crippen molar-refractivity contribution in [3.63, 3.8) is 0 Å². The van der Waals surface area contributed by atoms with E-state index in [0.717, 1.165) is 6.42 Å². The van der Waals surface area contributed by atoms with Crippen LogP contribution in [0.25, 0.3) is 0 Å². The van der Waals surface area contributed by atoms with Crippen molar-refractivity contribution in [3.8, 4) is 0 Å². The second-order valence-electron chi connectivity index (χ2n) is 7.81. The number of pyridine rings is 1. The number of aliphatic hydroxyl groups is 1. The Morgan fingerprint density at radius 1 is 1.09 bits per heavy atom. The summed E-state index contributed by atoms with van der Waals surface area (Å²) in [5.74, 6) is -1.21. The largest absolute Gasteiger partial charge is 0.395 e. The Bertz CT molecular complexity index is 1180. The number of anilines is 3. The number of aromatic nitrogens is 1. The first-order chi connectivity index (χ1) is 16.9. The number of halogens is 1. The van der Waals surface area contributed by atoms with E-state index < -0.39 is 11.8 Å². The molecule has 0 unspecified atom stereocenters. The summed E-state index contributed by atoms with van der Waals surface area (Å²) in [4.78, 5) is 50.9. The summed E-state index contributed by atoms with van der Waals surface area (Å²) in [6, 6.07) is 9.93. The van der Waals surface area contributed by atoms with Crippen LogP contribution in [0.3, 0.4) is 0 Å². The molecule has 3 heterocycles. The normalized spacial score (nSPS) is 16.1. The monoisotopic (exact) mass is 497 g/mol. The third-order valence-electron chi connectivity index (χ3n) is 5.55. The molecule has 0 aliphatic carbocycles. The summed E-state index contributed by atoms with van der Waals surface area (Å²) in [5.41, 5.74) is 6.72. The van der Waals surface area contributed by atoms with Crippen molar-refractivity contribution in [2.75, 3.05) is 47.9 Å². The van der Waals surface area contributed by atoms with Gasteiger partial charge in [0.25, 0.3) is 11.8 Å². The molecule has 12 heteroatoms. The van der Waals surface area contributed by atoms with Gasteiger partial charge >= 0.3 is 6.03 Å². The number of nitrogens with one attached hydrogen (secondary N) is 1. The Balaban J connectivity index is 1.57. The number of nitrogens with two attached hydrogens (primary N) is 1. The van der Waals surface area contributed by atoms with E-state index in [1.54, 1.807) is 45.0 Å². The fourth-order valence-corrected chi connectivity index (χ4v) is 4.04. The number of β-amino-alcohol motifs (C(OH)–C–C–N with tert-alkyl or cyclic N) is 1. The van der Waals surface area contributed by atoms with Crippen molar-refractivity contribution >= 4 is 52.9 Å². The molecule has 2 aliphatic rings. The van der Waals surface area contributed by atoms with Gasteiger partial charge in [-0.05, 0) is 42.8 Å². The Morgan fingerprint density at radius 2 is 1.80 bits per heavy atom. The van der Waals surface area contributed by atoms with E-state index in [9.17, 15) is 19.5 Å². The quantitative estimate of drug-likeness (QED) is 0.529. The zero-order chi connectivity index (χ0) is 24.9. The Kier molecular flexibility index (Phi) is 7.28. The predicted molar refractivity (Wildman–Crippen MR) is 132 cm³/mol. The molecule has 35 heavy (non-hydrogen) atoms. The Hall–Kier alpha value is -3.96. The van der Waals surface area contributed by atoms with Crippen molar-refractivity contribution in [3.05, 3.63) is 59.0 Å². The van der Waals surface area contributed by atoms with Crippen LogP contribution in [0.1, 0.15) is 6.42 Å². The summed E-state index contributed by atoms with van der Waals surface area (Å²) in [5, 5.41) is 12.2. The van der Waals surface area contributed by atoms with Crippen molar-refractivity contribution in [2.24, 2.45) is 10.7 Å².